The lowest BCUT2D eigenvalue weighted by Gasteiger charge is -2.12. The molecule has 0 atom stereocenters. The van der Waals surface area contributed by atoms with E-state index in [0.29, 0.717) is 13.1 Å². The number of hydrogen-bond donors (Lipinski definition) is 1. The van der Waals surface area contributed by atoms with E-state index in [1.165, 1.54) is 10.4 Å². The summed E-state index contributed by atoms with van der Waals surface area (Å²) in [4.78, 5) is 19.6. The van der Waals surface area contributed by atoms with E-state index in [1.54, 1.807) is 22.2 Å². The van der Waals surface area contributed by atoms with Gasteiger partial charge in [-0.2, -0.15) is 0 Å². The number of nitrogens with zero attached hydrogens (tertiary/aromatic N) is 5. The van der Waals surface area contributed by atoms with Crippen molar-refractivity contribution in [1.29, 1.82) is 0 Å². The van der Waals surface area contributed by atoms with Crippen molar-refractivity contribution in [3.05, 3.63) is 51.4 Å². The van der Waals surface area contributed by atoms with Crippen LogP contribution in [0.5, 0.6) is 0 Å². The molecule has 0 saturated carbocycles. The second kappa shape index (κ2) is 6.79. The van der Waals surface area contributed by atoms with Crippen LogP contribution in [-0.4, -0.2) is 31.1 Å². The summed E-state index contributed by atoms with van der Waals surface area (Å²) in [5, 5.41) is 12.5. The highest BCUT2D eigenvalue weighted by molar-refractivity contribution is 7.18. The number of thiophene rings is 1. The SMILES string of the molecule is Cl.O=c1c2c3c(sc2ncn1CCn1nnc2ccccc21)CNCC3. The van der Waals surface area contributed by atoms with Crippen LogP contribution in [0.3, 0.4) is 0 Å². The van der Waals surface area contributed by atoms with Crippen LogP contribution in [0.2, 0.25) is 0 Å². The Hall–Kier alpha value is -2.29. The zero-order chi connectivity index (χ0) is 16.8. The van der Waals surface area contributed by atoms with Crippen LogP contribution in [0.4, 0.5) is 0 Å². The molecule has 9 heteroatoms. The van der Waals surface area contributed by atoms with Crippen molar-refractivity contribution in [3.8, 4) is 0 Å². The van der Waals surface area contributed by atoms with Gasteiger partial charge in [0.05, 0.1) is 23.8 Å². The van der Waals surface area contributed by atoms with Crippen LogP contribution in [0, 0.1) is 0 Å². The van der Waals surface area contributed by atoms with E-state index in [9.17, 15) is 4.79 Å². The molecule has 3 aromatic heterocycles. The molecule has 0 saturated heterocycles. The summed E-state index contributed by atoms with van der Waals surface area (Å²) in [7, 11) is 0. The minimum absolute atomic E-state index is 0. The predicted octanol–water partition coefficient (Wildman–Crippen LogP) is 1.97. The van der Waals surface area contributed by atoms with E-state index >= 15 is 0 Å². The second-order valence-corrected chi connectivity index (χ2v) is 7.24. The zero-order valence-corrected chi connectivity index (χ0v) is 15.5. The van der Waals surface area contributed by atoms with Gasteiger partial charge in [0.2, 0.25) is 0 Å². The number of nitrogens with one attached hydrogen (secondary N) is 1. The van der Waals surface area contributed by atoms with Crippen molar-refractivity contribution >= 4 is 45.0 Å². The molecular formula is C17H17ClN6OS. The van der Waals surface area contributed by atoms with Crippen LogP contribution in [0.1, 0.15) is 10.4 Å². The Labute approximate surface area is 159 Å². The second-order valence-electron chi connectivity index (χ2n) is 6.16. The number of hydrogen-bond acceptors (Lipinski definition) is 6. The summed E-state index contributed by atoms with van der Waals surface area (Å²) < 4.78 is 3.52. The Balaban J connectivity index is 0.00000168. The van der Waals surface area contributed by atoms with Crippen molar-refractivity contribution in [2.45, 2.75) is 26.1 Å². The lowest BCUT2D eigenvalue weighted by molar-refractivity contribution is 0.520. The van der Waals surface area contributed by atoms with Crippen molar-refractivity contribution in [3.63, 3.8) is 0 Å². The fourth-order valence-electron chi connectivity index (χ4n) is 3.39. The highest BCUT2D eigenvalue weighted by Gasteiger charge is 2.19. The Bertz CT molecular complexity index is 1150. The third-order valence-corrected chi connectivity index (χ3v) is 5.81. The largest absolute Gasteiger partial charge is 0.312 e. The minimum Gasteiger partial charge on any atom is -0.312 e. The van der Waals surface area contributed by atoms with Gasteiger partial charge in [-0.3, -0.25) is 9.36 Å². The van der Waals surface area contributed by atoms with Gasteiger partial charge < -0.3 is 5.32 Å². The third-order valence-electron chi connectivity index (χ3n) is 4.67. The highest BCUT2D eigenvalue weighted by atomic mass is 35.5. The Morgan fingerprint density at radius 3 is 3.04 bits per heavy atom. The van der Waals surface area contributed by atoms with E-state index in [1.807, 2.05) is 28.9 Å². The summed E-state index contributed by atoms with van der Waals surface area (Å²) in [6.45, 7) is 2.86. The molecular weight excluding hydrogens is 372 g/mol. The molecule has 0 radical (unpaired) electrons. The standard InChI is InChI=1S/C17H16N6OS.ClH/c24-17-15-11-5-6-18-9-14(11)25-16(15)19-10-22(17)7-8-23-13-4-2-1-3-12(13)20-21-23;/h1-4,10,18H,5-9H2;1H. The smallest absolute Gasteiger partial charge is 0.262 e. The molecule has 0 bridgehead atoms. The number of halogens is 1. The van der Waals surface area contributed by atoms with E-state index in [4.69, 9.17) is 0 Å². The summed E-state index contributed by atoms with van der Waals surface area (Å²) in [6, 6.07) is 7.83. The lowest BCUT2D eigenvalue weighted by Crippen LogP contribution is -2.26. The lowest BCUT2D eigenvalue weighted by atomic mass is 10.1. The van der Waals surface area contributed by atoms with E-state index in [2.05, 4.69) is 20.6 Å². The molecule has 1 aliphatic heterocycles. The fourth-order valence-corrected chi connectivity index (χ4v) is 4.54. The zero-order valence-electron chi connectivity index (χ0n) is 13.9. The molecule has 4 aromatic rings. The summed E-state index contributed by atoms with van der Waals surface area (Å²) >= 11 is 1.63. The first-order valence-electron chi connectivity index (χ1n) is 8.30. The Morgan fingerprint density at radius 2 is 2.12 bits per heavy atom. The van der Waals surface area contributed by atoms with Gasteiger partial charge in [0.1, 0.15) is 10.3 Å². The Kier molecular flexibility index (Phi) is 4.47. The van der Waals surface area contributed by atoms with Crippen molar-refractivity contribution in [1.82, 2.24) is 29.9 Å². The molecule has 1 aromatic carbocycles. The third kappa shape index (κ3) is 2.70. The summed E-state index contributed by atoms with van der Waals surface area (Å²) in [6.07, 6.45) is 2.54. The van der Waals surface area contributed by atoms with Gasteiger partial charge in [-0.15, -0.1) is 28.8 Å². The van der Waals surface area contributed by atoms with Crippen molar-refractivity contribution in [2.24, 2.45) is 0 Å². The predicted molar refractivity (Wildman–Crippen MR) is 104 cm³/mol. The highest BCUT2D eigenvalue weighted by Crippen LogP contribution is 2.29. The number of fused-ring (bicyclic) bond motifs is 4. The first-order valence-corrected chi connectivity index (χ1v) is 9.11. The molecule has 0 amide bonds. The average molecular weight is 389 g/mol. The summed E-state index contributed by atoms with van der Waals surface area (Å²) in [5.74, 6) is 0. The summed E-state index contributed by atoms with van der Waals surface area (Å²) in [5.41, 5.74) is 3.07. The molecule has 5 rings (SSSR count). The number of aryl methyl sites for hydroxylation is 2. The van der Waals surface area contributed by atoms with E-state index in [0.717, 1.165) is 40.8 Å². The van der Waals surface area contributed by atoms with E-state index < -0.39 is 0 Å². The van der Waals surface area contributed by atoms with Gasteiger partial charge in [0.15, 0.2) is 0 Å². The Morgan fingerprint density at radius 1 is 1.23 bits per heavy atom. The maximum Gasteiger partial charge on any atom is 0.262 e. The molecule has 4 heterocycles. The maximum atomic E-state index is 12.9. The molecule has 0 aliphatic carbocycles. The van der Waals surface area contributed by atoms with E-state index in [-0.39, 0.29) is 18.0 Å². The molecule has 7 nitrogen and oxygen atoms in total. The molecule has 26 heavy (non-hydrogen) atoms. The molecule has 134 valence electrons. The van der Waals surface area contributed by atoms with Gasteiger partial charge in [-0.1, -0.05) is 17.3 Å². The van der Waals surface area contributed by atoms with Gasteiger partial charge >= 0.3 is 0 Å². The first kappa shape index (κ1) is 17.1. The van der Waals surface area contributed by atoms with Gasteiger partial charge in [0, 0.05) is 18.0 Å². The van der Waals surface area contributed by atoms with Gasteiger partial charge in [-0.25, -0.2) is 9.67 Å². The van der Waals surface area contributed by atoms with Crippen LogP contribution >= 0.6 is 23.7 Å². The molecule has 0 fully saturated rings. The monoisotopic (exact) mass is 388 g/mol. The quantitative estimate of drug-likeness (QED) is 0.580. The number of aromatic nitrogens is 5. The molecule has 0 spiro atoms. The topological polar surface area (TPSA) is 77.6 Å². The number of para-hydroxylation sites is 1. The fraction of sp³-hybridized carbons (Fsp3) is 0.294. The van der Waals surface area contributed by atoms with Crippen LogP contribution < -0.4 is 10.9 Å². The minimum atomic E-state index is 0. The van der Waals surface area contributed by atoms with Gasteiger partial charge in [0.25, 0.3) is 5.56 Å². The van der Waals surface area contributed by atoms with Gasteiger partial charge in [-0.05, 0) is 30.7 Å². The number of benzene rings is 1. The van der Waals surface area contributed by atoms with Crippen LogP contribution in [0.15, 0.2) is 35.4 Å². The maximum absolute atomic E-state index is 12.9. The average Bonchev–Trinajstić information content (AvgIpc) is 3.22. The number of rotatable bonds is 3. The van der Waals surface area contributed by atoms with Crippen molar-refractivity contribution < 1.29 is 0 Å². The molecule has 1 aliphatic rings. The van der Waals surface area contributed by atoms with Crippen LogP contribution in [-0.2, 0) is 26.1 Å². The first-order chi connectivity index (χ1) is 12.3. The van der Waals surface area contributed by atoms with Crippen molar-refractivity contribution in [2.75, 3.05) is 6.54 Å². The normalized spacial score (nSPS) is 13.7. The van der Waals surface area contributed by atoms with Crippen LogP contribution in [0.25, 0.3) is 21.3 Å². The molecule has 1 N–H and O–H groups in total. The molecule has 0 unspecified atom stereocenters.